The Kier molecular flexibility index (Phi) is 3.80. The van der Waals surface area contributed by atoms with Gasteiger partial charge in [0.1, 0.15) is 0 Å². The van der Waals surface area contributed by atoms with E-state index in [4.69, 9.17) is 9.31 Å². The van der Waals surface area contributed by atoms with Crippen molar-refractivity contribution in [1.82, 2.24) is 0 Å². The molecule has 0 aromatic heterocycles. The van der Waals surface area contributed by atoms with Gasteiger partial charge in [-0.15, -0.1) is 0 Å². The maximum Gasteiger partial charge on any atom is 0.459 e. The fraction of sp³-hybridized carbons (Fsp3) is 1.00. The zero-order valence-corrected chi connectivity index (χ0v) is 9.41. The van der Waals surface area contributed by atoms with Crippen LogP contribution in [0.25, 0.3) is 0 Å². The van der Waals surface area contributed by atoms with Gasteiger partial charge in [0.05, 0.1) is 0 Å². The highest BCUT2D eigenvalue weighted by Crippen LogP contribution is 2.27. The maximum absolute atomic E-state index is 5.80. The predicted molar refractivity (Wildman–Crippen MR) is 55.7 cm³/mol. The monoisotopic (exact) mass is 184 g/mol. The molecule has 0 spiro atoms. The minimum atomic E-state index is 0.00463. The summed E-state index contributed by atoms with van der Waals surface area (Å²) in [4.78, 5) is 0. The van der Waals surface area contributed by atoms with Crippen LogP contribution in [0.1, 0.15) is 34.6 Å². The summed E-state index contributed by atoms with van der Waals surface area (Å²) in [7, 11) is 0.00463. The van der Waals surface area contributed by atoms with Crippen LogP contribution in [0.15, 0.2) is 0 Å². The largest absolute Gasteiger partial charge is 0.459 e. The van der Waals surface area contributed by atoms with Gasteiger partial charge < -0.3 is 9.31 Å². The summed E-state index contributed by atoms with van der Waals surface area (Å²) in [5.41, 5.74) is 0. The van der Waals surface area contributed by atoms with E-state index in [0.717, 1.165) is 6.61 Å². The molecule has 0 aromatic carbocycles. The highest BCUT2D eigenvalue weighted by Gasteiger charge is 2.35. The number of rotatable bonds is 2. The van der Waals surface area contributed by atoms with Crippen molar-refractivity contribution in [3.8, 4) is 0 Å². The van der Waals surface area contributed by atoms with Crippen molar-refractivity contribution in [3.63, 3.8) is 0 Å². The molecule has 0 aliphatic carbocycles. The Morgan fingerprint density at radius 3 is 2.23 bits per heavy atom. The van der Waals surface area contributed by atoms with E-state index in [9.17, 15) is 0 Å². The summed E-state index contributed by atoms with van der Waals surface area (Å²) in [6, 6.07) is 0. The first-order valence-electron chi connectivity index (χ1n) is 5.29. The van der Waals surface area contributed by atoms with Crippen LogP contribution in [0.3, 0.4) is 0 Å². The van der Waals surface area contributed by atoms with Gasteiger partial charge in [0.25, 0.3) is 0 Å². The van der Waals surface area contributed by atoms with Crippen LogP contribution in [0.5, 0.6) is 0 Å². The predicted octanol–water partition coefficient (Wildman–Crippen LogP) is 2.59. The second kappa shape index (κ2) is 4.47. The average molecular weight is 184 g/mol. The Labute approximate surface area is 82.1 Å². The lowest BCUT2D eigenvalue weighted by Crippen LogP contribution is -2.44. The van der Waals surface area contributed by atoms with E-state index >= 15 is 0 Å². The van der Waals surface area contributed by atoms with Crippen LogP contribution < -0.4 is 0 Å². The Morgan fingerprint density at radius 2 is 1.85 bits per heavy atom. The van der Waals surface area contributed by atoms with Gasteiger partial charge in [-0.2, -0.15) is 0 Å². The Bertz CT molecular complexity index is 159. The van der Waals surface area contributed by atoms with Crippen molar-refractivity contribution in [2.45, 2.75) is 46.5 Å². The summed E-state index contributed by atoms with van der Waals surface area (Å²) in [5, 5.41) is 0. The van der Waals surface area contributed by atoms with Crippen molar-refractivity contribution in [2.24, 2.45) is 11.8 Å². The molecule has 1 heterocycles. The quantitative estimate of drug-likeness (QED) is 0.614. The lowest BCUT2D eigenvalue weighted by atomic mass is 9.71. The highest BCUT2D eigenvalue weighted by atomic mass is 16.6. The van der Waals surface area contributed by atoms with Gasteiger partial charge in [-0.05, 0) is 18.7 Å². The van der Waals surface area contributed by atoms with Gasteiger partial charge in [-0.1, -0.05) is 27.7 Å². The van der Waals surface area contributed by atoms with Gasteiger partial charge in [-0.25, -0.2) is 0 Å². The average Bonchev–Trinajstić information content (AvgIpc) is 2.03. The molecule has 0 N–H and O–H groups in total. The second-order valence-electron chi connectivity index (χ2n) is 4.69. The van der Waals surface area contributed by atoms with Gasteiger partial charge in [0.2, 0.25) is 0 Å². The molecule has 1 rings (SSSR count). The van der Waals surface area contributed by atoms with E-state index in [2.05, 4.69) is 34.6 Å². The van der Waals surface area contributed by atoms with Gasteiger partial charge in [0.15, 0.2) is 0 Å². The van der Waals surface area contributed by atoms with Crippen molar-refractivity contribution >= 4 is 7.12 Å². The van der Waals surface area contributed by atoms with Crippen LogP contribution in [0.2, 0.25) is 5.82 Å². The SMILES string of the molecule is CC(C)B1OC[C@H](C(C)C)[C@H](C)O1. The summed E-state index contributed by atoms with van der Waals surface area (Å²) in [6.45, 7) is 11.7. The molecule has 76 valence electrons. The molecule has 0 bridgehead atoms. The Morgan fingerprint density at radius 1 is 1.23 bits per heavy atom. The van der Waals surface area contributed by atoms with E-state index in [1.807, 2.05) is 0 Å². The minimum absolute atomic E-state index is 0.00463. The van der Waals surface area contributed by atoms with Crippen molar-refractivity contribution in [1.29, 1.82) is 0 Å². The summed E-state index contributed by atoms with van der Waals surface area (Å²) >= 11 is 0. The molecular weight excluding hydrogens is 163 g/mol. The zero-order chi connectivity index (χ0) is 10.0. The number of hydrogen-bond donors (Lipinski definition) is 0. The molecule has 1 fully saturated rings. The Hall–Kier alpha value is -0.0151. The van der Waals surface area contributed by atoms with Gasteiger partial charge in [-0.3, -0.25) is 0 Å². The smallest absolute Gasteiger partial charge is 0.411 e. The Balaban J connectivity index is 2.46. The molecule has 13 heavy (non-hydrogen) atoms. The molecule has 0 amide bonds. The maximum atomic E-state index is 5.80. The molecule has 1 aliphatic heterocycles. The molecule has 3 heteroatoms. The lowest BCUT2D eigenvalue weighted by molar-refractivity contribution is -0.000380. The van der Waals surface area contributed by atoms with Gasteiger partial charge in [0, 0.05) is 18.6 Å². The van der Waals surface area contributed by atoms with Crippen LogP contribution in [-0.4, -0.2) is 19.8 Å². The summed E-state index contributed by atoms with van der Waals surface area (Å²) < 4.78 is 11.5. The van der Waals surface area contributed by atoms with Crippen molar-refractivity contribution < 1.29 is 9.31 Å². The molecule has 2 atom stereocenters. The third-order valence-corrected chi connectivity index (χ3v) is 2.81. The van der Waals surface area contributed by atoms with Crippen molar-refractivity contribution in [2.75, 3.05) is 6.61 Å². The first kappa shape index (κ1) is 11.1. The molecular formula is C10H21BO2. The molecule has 0 unspecified atom stereocenters. The second-order valence-corrected chi connectivity index (χ2v) is 4.69. The minimum Gasteiger partial charge on any atom is -0.411 e. The van der Waals surface area contributed by atoms with E-state index in [-0.39, 0.29) is 7.12 Å². The van der Waals surface area contributed by atoms with Crippen LogP contribution in [0.4, 0.5) is 0 Å². The highest BCUT2D eigenvalue weighted by molar-refractivity contribution is 6.46. The van der Waals surface area contributed by atoms with Crippen LogP contribution >= 0.6 is 0 Å². The van der Waals surface area contributed by atoms with E-state index in [0.29, 0.717) is 23.8 Å². The zero-order valence-electron chi connectivity index (χ0n) is 9.41. The summed E-state index contributed by atoms with van der Waals surface area (Å²) in [6.07, 6.45) is 0.334. The summed E-state index contributed by atoms with van der Waals surface area (Å²) in [5.74, 6) is 1.65. The normalized spacial score (nSPS) is 30.2. The molecule has 0 saturated carbocycles. The fourth-order valence-corrected chi connectivity index (χ4v) is 1.78. The van der Waals surface area contributed by atoms with E-state index in [1.54, 1.807) is 0 Å². The lowest BCUT2D eigenvalue weighted by Gasteiger charge is -2.36. The van der Waals surface area contributed by atoms with Crippen LogP contribution in [-0.2, 0) is 9.31 Å². The first-order chi connectivity index (χ1) is 6.02. The third-order valence-electron chi connectivity index (χ3n) is 2.81. The van der Waals surface area contributed by atoms with E-state index < -0.39 is 0 Å². The number of hydrogen-bond acceptors (Lipinski definition) is 2. The molecule has 1 saturated heterocycles. The molecule has 1 aliphatic rings. The van der Waals surface area contributed by atoms with Gasteiger partial charge >= 0.3 is 7.12 Å². The van der Waals surface area contributed by atoms with Crippen molar-refractivity contribution in [3.05, 3.63) is 0 Å². The molecule has 0 radical (unpaired) electrons. The van der Waals surface area contributed by atoms with Crippen LogP contribution in [0, 0.1) is 11.8 Å². The molecule has 0 aromatic rings. The third kappa shape index (κ3) is 2.71. The topological polar surface area (TPSA) is 18.5 Å². The molecule has 2 nitrogen and oxygen atoms in total. The fourth-order valence-electron chi connectivity index (χ4n) is 1.78. The standard InChI is InChI=1S/C10H21BO2/c1-7(2)10-6-12-11(8(3)4)13-9(10)5/h7-10H,6H2,1-5H3/t9-,10+/m0/s1. The van der Waals surface area contributed by atoms with E-state index in [1.165, 1.54) is 0 Å². The first-order valence-corrected chi connectivity index (χ1v) is 5.29.